The van der Waals surface area contributed by atoms with E-state index in [1.165, 1.54) is 103 Å². The second kappa shape index (κ2) is 43.4. The Balaban J connectivity index is 4.39. The van der Waals surface area contributed by atoms with Gasteiger partial charge >= 0.3 is 17.9 Å². The largest absolute Gasteiger partial charge is 0.462 e. The van der Waals surface area contributed by atoms with E-state index >= 15 is 0 Å². The van der Waals surface area contributed by atoms with Crippen LogP contribution in [0.5, 0.6) is 0 Å². The molecule has 0 amide bonds. The van der Waals surface area contributed by atoms with Crippen molar-refractivity contribution in [3.05, 3.63) is 36.5 Å². The number of carbonyl (C=O) groups excluding carboxylic acids is 3. The summed E-state index contributed by atoms with van der Waals surface area (Å²) >= 11 is 0. The zero-order chi connectivity index (χ0) is 39.4. The smallest absolute Gasteiger partial charge is 0.306 e. The summed E-state index contributed by atoms with van der Waals surface area (Å²) in [6.45, 7) is 6.52. The molecule has 0 heterocycles. The first kappa shape index (κ1) is 51.6. The van der Waals surface area contributed by atoms with Gasteiger partial charge in [-0.25, -0.2) is 0 Å². The lowest BCUT2D eigenvalue weighted by molar-refractivity contribution is -0.167. The van der Waals surface area contributed by atoms with Gasteiger partial charge in [0.25, 0.3) is 0 Å². The van der Waals surface area contributed by atoms with E-state index in [1.807, 2.05) is 0 Å². The minimum atomic E-state index is -0.781. The maximum Gasteiger partial charge on any atom is 0.306 e. The van der Waals surface area contributed by atoms with Gasteiger partial charge in [-0.15, -0.1) is 0 Å². The van der Waals surface area contributed by atoms with E-state index in [4.69, 9.17) is 14.2 Å². The second-order valence-electron chi connectivity index (χ2n) is 15.3. The lowest BCUT2D eigenvalue weighted by Gasteiger charge is -2.18. The molecule has 0 aliphatic carbocycles. The van der Waals surface area contributed by atoms with Crippen LogP contribution in [0.1, 0.15) is 233 Å². The summed E-state index contributed by atoms with van der Waals surface area (Å²) in [4.78, 5) is 37.7. The van der Waals surface area contributed by atoms with Gasteiger partial charge in [-0.1, -0.05) is 166 Å². The monoisotopic (exact) mass is 759 g/mol. The Labute approximate surface area is 334 Å². The number of unbranched alkanes of at least 4 members (excludes halogenated alkanes) is 24. The number of hydrogen-bond acceptors (Lipinski definition) is 6. The van der Waals surface area contributed by atoms with Crippen LogP contribution in [0.15, 0.2) is 36.5 Å². The molecule has 0 aromatic heterocycles. The Morgan fingerprint density at radius 1 is 0.352 bits per heavy atom. The van der Waals surface area contributed by atoms with Crippen molar-refractivity contribution in [3.8, 4) is 0 Å². The fraction of sp³-hybridized carbons (Fsp3) is 0.812. The third kappa shape index (κ3) is 40.8. The Morgan fingerprint density at radius 2 is 0.630 bits per heavy atom. The molecule has 0 aromatic rings. The van der Waals surface area contributed by atoms with Crippen LogP contribution in [0.2, 0.25) is 0 Å². The van der Waals surface area contributed by atoms with Gasteiger partial charge in [-0.05, 0) is 83.5 Å². The molecule has 0 N–H and O–H groups in total. The van der Waals surface area contributed by atoms with Gasteiger partial charge in [0, 0.05) is 19.3 Å². The van der Waals surface area contributed by atoms with Gasteiger partial charge in [0.15, 0.2) is 6.10 Å². The predicted molar refractivity (Wildman–Crippen MR) is 229 cm³/mol. The van der Waals surface area contributed by atoms with Crippen LogP contribution in [0, 0.1) is 0 Å². The van der Waals surface area contributed by atoms with Crippen LogP contribution in [0.4, 0.5) is 0 Å². The summed E-state index contributed by atoms with van der Waals surface area (Å²) in [6.07, 6.45) is 48.4. The first-order chi connectivity index (χ1) is 26.5. The molecule has 6 nitrogen and oxygen atoms in total. The summed E-state index contributed by atoms with van der Waals surface area (Å²) in [6, 6.07) is 0. The van der Waals surface area contributed by atoms with Gasteiger partial charge in [0.05, 0.1) is 0 Å². The van der Waals surface area contributed by atoms with Gasteiger partial charge < -0.3 is 14.2 Å². The lowest BCUT2D eigenvalue weighted by Crippen LogP contribution is -2.30. The second-order valence-corrected chi connectivity index (χ2v) is 15.3. The molecule has 0 aliphatic rings. The van der Waals surface area contributed by atoms with E-state index in [0.717, 1.165) is 89.9 Å². The van der Waals surface area contributed by atoms with Gasteiger partial charge in [-0.2, -0.15) is 0 Å². The maximum absolute atomic E-state index is 12.7. The molecular weight excluding hydrogens is 673 g/mol. The summed E-state index contributed by atoms with van der Waals surface area (Å²) in [5.74, 6) is -0.919. The van der Waals surface area contributed by atoms with Gasteiger partial charge in [0.1, 0.15) is 13.2 Å². The minimum absolute atomic E-state index is 0.0841. The summed E-state index contributed by atoms with van der Waals surface area (Å²) < 4.78 is 16.7. The SMILES string of the molecule is CCCC/C=C\CCCCCCCC(=O)OCC(COC(=O)CCCCC/C=C\CCCCCCCCC)OC(=O)CCCCCCC/C=C\CCCC. The fourth-order valence-corrected chi connectivity index (χ4v) is 6.28. The van der Waals surface area contributed by atoms with Crippen LogP contribution < -0.4 is 0 Å². The van der Waals surface area contributed by atoms with Gasteiger partial charge in [0.2, 0.25) is 0 Å². The molecule has 0 spiro atoms. The van der Waals surface area contributed by atoms with Crippen LogP contribution in [0.3, 0.4) is 0 Å². The standard InChI is InChI=1S/C48H86O6/c1-4-7-10-13-16-19-22-23-24-27-29-32-35-38-41-47(50)53-44-45(54-48(51)42-39-36-33-30-26-21-18-15-12-9-6-3)43-52-46(49)40-37-34-31-28-25-20-17-14-11-8-5-2/h14-15,17-18,24,27,45H,4-13,16,19-23,25-26,28-44H2,1-3H3/b17-14-,18-15-,27-24-. The number of rotatable bonds is 41. The summed E-state index contributed by atoms with van der Waals surface area (Å²) in [5.41, 5.74) is 0. The highest BCUT2D eigenvalue weighted by atomic mass is 16.6. The average molecular weight is 759 g/mol. The Bertz CT molecular complexity index is 922. The average Bonchev–Trinajstić information content (AvgIpc) is 3.17. The van der Waals surface area contributed by atoms with E-state index < -0.39 is 6.10 Å². The van der Waals surface area contributed by atoms with Gasteiger partial charge in [-0.3, -0.25) is 14.4 Å². The molecule has 0 saturated carbocycles. The third-order valence-corrected chi connectivity index (χ3v) is 9.84. The number of esters is 3. The highest BCUT2D eigenvalue weighted by Crippen LogP contribution is 2.13. The molecule has 1 unspecified atom stereocenters. The van der Waals surface area contributed by atoms with Crippen LogP contribution in [-0.2, 0) is 28.6 Å². The van der Waals surface area contributed by atoms with Crippen molar-refractivity contribution in [2.45, 2.75) is 239 Å². The zero-order valence-corrected chi connectivity index (χ0v) is 35.7. The first-order valence-electron chi connectivity index (χ1n) is 23.0. The molecule has 6 heteroatoms. The van der Waals surface area contributed by atoms with Crippen molar-refractivity contribution in [1.29, 1.82) is 0 Å². The van der Waals surface area contributed by atoms with Crippen molar-refractivity contribution >= 4 is 17.9 Å². The Hall–Kier alpha value is -2.37. The molecule has 0 aliphatic heterocycles. The topological polar surface area (TPSA) is 78.9 Å². The highest BCUT2D eigenvalue weighted by Gasteiger charge is 2.19. The normalized spacial score (nSPS) is 12.3. The minimum Gasteiger partial charge on any atom is -0.462 e. The van der Waals surface area contributed by atoms with E-state index in [0.29, 0.717) is 19.3 Å². The summed E-state index contributed by atoms with van der Waals surface area (Å²) in [7, 11) is 0. The molecule has 54 heavy (non-hydrogen) atoms. The number of allylic oxidation sites excluding steroid dienone is 6. The molecule has 314 valence electrons. The van der Waals surface area contributed by atoms with Crippen molar-refractivity contribution in [2.24, 2.45) is 0 Å². The summed E-state index contributed by atoms with van der Waals surface area (Å²) in [5, 5.41) is 0. The number of hydrogen-bond donors (Lipinski definition) is 0. The van der Waals surface area contributed by atoms with Crippen molar-refractivity contribution < 1.29 is 28.6 Å². The Kier molecular flexibility index (Phi) is 41.5. The molecule has 0 saturated heterocycles. The van der Waals surface area contributed by atoms with Crippen molar-refractivity contribution in [2.75, 3.05) is 13.2 Å². The van der Waals surface area contributed by atoms with E-state index in [1.54, 1.807) is 0 Å². The molecular formula is C48H86O6. The quantitative estimate of drug-likeness (QED) is 0.0267. The molecule has 0 fully saturated rings. The van der Waals surface area contributed by atoms with Crippen LogP contribution in [0.25, 0.3) is 0 Å². The van der Waals surface area contributed by atoms with Crippen LogP contribution in [-0.4, -0.2) is 37.2 Å². The number of carbonyl (C=O) groups is 3. The molecule has 0 aromatic carbocycles. The van der Waals surface area contributed by atoms with E-state index in [2.05, 4.69) is 57.2 Å². The van der Waals surface area contributed by atoms with Crippen LogP contribution >= 0.6 is 0 Å². The molecule has 0 rings (SSSR count). The molecule has 0 bridgehead atoms. The predicted octanol–water partition coefficient (Wildman–Crippen LogP) is 14.6. The fourth-order valence-electron chi connectivity index (χ4n) is 6.28. The zero-order valence-electron chi connectivity index (χ0n) is 35.7. The molecule has 1 atom stereocenters. The first-order valence-corrected chi connectivity index (χ1v) is 23.0. The van der Waals surface area contributed by atoms with E-state index in [-0.39, 0.29) is 31.1 Å². The third-order valence-electron chi connectivity index (χ3n) is 9.84. The lowest BCUT2D eigenvalue weighted by atomic mass is 10.1. The van der Waals surface area contributed by atoms with Crippen molar-refractivity contribution in [3.63, 3.8) is 0 Å². The molecule has 0 radical (unpaired) electrons. The Morgan fingerprint density at radius 3 is 1.00 bits per heavy atom. The maximum atomic E-state index is 12.7. The van der Waals surface area contributed by atoms with Crippen molar-refractivity contribution in [1.82, 2.24) is 0 Å². The highest BCUT2D eigenvalue weighted by molar-refractivity contribution is 5.71. The number of ether oxygens (including phenoxy) is 3. The van der Waals surface area contributed by atoms with E-state index in [9.17, 15) is 14.4 Å².